The Morgan fingerprint density at radius 1 is 1.07 bits per heavy atom. The van der Waals surface area contributed by atoms with Crippen molar-refractivity contribution in [3.8, 4) is 11.5 Å². The number of nitrogens with one attached hydrogen (secondary N) is 1. The SMILES string of the molecule is CC[C@@H](NC(=O)c1ccc(N2CCCCS2(=O)=O)cc1)c1ccc(OC)c(OC)c1. The topological polar surface area (TPSA) is 84.9 Å². The summed E-state index contributed by atoms with van der Waals surface area (Å²) in [6, 6.07) is 12.1. The summed E-state index contributed by atoms with van der Waals surface area (Å²) in [6.45, 7) is 2.47. The molecule has 1 heterocycles. The van der Waals surface area contributed by atoms with E-state index in [4.69, 9.17) is 9.47 Å². The van der Waals surface area contributed by atoms with Crippen LogP contribution in [0.2, 0.25) is 0 Å². The number of nitrogens with zero attached hydrogens (tertiary/aromatic N) is 1. The van der Waals surface area contributed by atoms with Crippen molar-refractivity contribution in [2.75, 3.05) is 30.8 Å². The highest BCUT2D eigenvalue weighted by Crippen LogP contribution is 2.31. The first-order valence-electron chi connectivity index (χ1n) is 10.0. The molecule has 1 aliphatic heterocycles. The normalized spacial score (nSPS) is 16.6. The number of anilines is 1. The molecule has 3 rings (SSSR count). The maximum absolute atomic E-state index is 12.8. The highest BCUT2D eigenvalue weighted by Gasteiger charge is 2.26. The molecule has 2 aromatic rings. The lowest BCUT2D eigenvalue weighted by molar-refractivity contribution is 0.0935. The zero-order chi connectivity index (χ0) is 21.7. The van der Waals surface area contributed by atoms with Crippen molar-refractivity contribution >= 4 is 21.6 Å². The molecule has 1 amide bonds. The lowest BCUT2D eigenvalue weighted by Gasteiger charge is -2.28. The van der Waals surface area contributed by atoms with E-state index in [0.29, 0.717) is 42.1 Å². The number of sulfonamides is 1. The van der Waals surface area contributed by atoms with Crippen molar-refractivity contribution < 1.29 is 22.7 Å². The van der Waals surface area contributed by atoms with Gasteiger partial charge in [-0.15, -0.1) is 0 Å². The first kappa shape index (κ1) is 22.0. The number of carbonyl (C=O) groups excluding carboxylic acids is 1. The lowest BCUT2D eigenvalue weighted by atomic mass is 10.0. The van der Waals surface area contributed by atoms with Gasteiger partial charge in [-0.1, -0.05) is 13.0 Å². The monoisotopic (exact) mass is 432 g/mol. The van der Waals surface area contributed by atoms with Gasteiger partial charge in [0.05, 0.1) is 31.7 Å². The molecule has 0 aromatic heterocycles. The molecule has 0 bridgehead atoms. The van der Waals surface area contributed by atoms with Crippen LogP contribution < -0.4 is 19.1 Å². The largest absolute Gasteiger partial charge is 0.493 e. The molecule has 1 saturated heterocycles. The minimum Gasteiger partial charge on any atom is -0.493 e. The number of carbonyl (C=O) groups is 1. The van der Waals surface area contributed by atoms with Crippen molar-refractivity contribution in [3.63, 3.8) is 0 Å². The number of ether oxygens (including phenoxy) is 2. The molecule has 1 N–H and O–H groups in total. The van der Waals surface area contributed by atoms with Gasteiger partial charge in [-0.3, -0.25) is 9.10 Å². The van der Waals surface area contributed by atoms with E-state index in [1.807, 2.05) is 25.1 Å². The Morgan fingerprint density at radius 3 is 2.37 bits per heavy atom. The van der Waals surface area contributed by atoms with Gasteiger partial charge >= 0.3 is 0 Å². The van der Waals surface area contributed by atoms with E-state index in [9.17, 15) is 13.2 Å². The Morgan fingerprint density at radius 2 is 1.77 bits per heavy atom. The van der Waals surface area contributed by atoms with Gasteiger partial charge < -0.3 is 14.8 Å². The number of hydrogen-bond acceptors (Lipinski definition) is 5. The van der Waals surface area contributed by atoms with Crippen LogP contribution in [-0.4, -0.2) is 40.8 Å². The lowest BCUT2D eigenvalue weighted by Crippen LogP contribution is -2.37. The van der Waals surface area contributed by atoms with Crippen LogP contribution in [0, 0.1) is 0 Å². The average molecular weight is 433 g/mol. The van der Waals surface area contributed by atoms with Gasteiger partial charge in [0.1, 0.15) is 0 Å². The van der Waals surface area contributed by atoms with Gasteiger partial charge in [0.25, 0.3) is 5.91 Å². The molecule has 0 saturated carbocycles. The van der Waals surface area contributed by atoms with Gasteiger partial charge in [0.15, 0.2) is 11.5 Å². The molecule has 8 heteroatoms. The molecule has 7 nitrogen and oxygen atoms in total. The molecular weight excluding hydrogens is 404 g/mol. The number of rotatable bonds is 7. The van der Waals surface area contributed by atoms with Crippen LogP contribution in [0.5, 0.6) is 11.5 Å². The van der Waals surface area contributed by atoms with Gasteiger partial charge in [-0.25, -0.2) is 8.42 Å². The molecule has 1 aliphatic rings. The van der Waals surface area contributed by atoms with Gasteiger partial charge in [-0.05, 0) is 61.2 Å². The van der Waals surface area contributed by atoms with Crippen molar-refractivity contribution in [1.82, 2.24) is 5.32 Å². The van der Waals surface area contributed by atoms with E-state index in [0.717, 1.165) is 12.0 Å². The molecule has 1 atom stereocenters. The van der Waals surface area contributed by atoms with Crippen LogP contribution in [0.1, 0.15) is 48.1 Å². The summed E-state index contributed by atoms with van der Waals surface area (Å²) >= 11 is 0. The fourth-order valence-corrected chi connectivity index (χ4v) is 5.23. The third-order valence-corrected chi connectivity index (χ3v) is 7.16. The van der Waals surface area contributed by atoms with E-state index >= 15 is 0 Å². The minimum atomic E-state index is -3.27. The molecular formula is C22H28N2O5S. The maximum atomic E-state index is 12.8. The first-order valence-corrected chi connectivity index (χ1v) is 11.6. The van der Waals surface area contributed by atoms with E-state index < -0.39 is 10.0 Å². The van der Waals surface area contributed by atoms with E-state index in [1.165, 1.54) is 4.31 Å². The van der Waals surface area contributed by atoms with E-state index in [1.54, 1.807) is 38.5 Å². The zero-order valence-electron chi connectivity index (χ0n) is 17.6. The highest BCUT2D eigenvalue weighted by molar-refractivity contribution is 7.92. The summed E-state index contributed by atoms with van der Waals surface area (Å²) < 4.78 is 36.6. The number of benzene rings is 2. The summed E-state index contributed by atoms with van der Waals surface area (Å²) in [5.74, 6) is 1.18. The third kappa shape index (κ3) is 4.70. The maximum Gasteiger partial charge on any atom is 0.251 e. The Labute approximate surface area is 178 Å². The molecule has 1 fully saturated rings. The van der Waals surface area contributed by atoms with Gasteiger partial charge in [-0.2, -0.15) is 0 Å². The summed E-state index contributed by atoms with van der Waals surface area (Å²) in [5, 5.41) is 3.04. The molecule has 0 unspecified atom stereocenters. The third-order valence-electron chi connectivity index (χ3n) is 5.29. The average Bonchev–Trinajstić information content (AvgIpc) is 2.76. The zero-order valence-corrected chi connectivity index (χ0v) is 18.4. The molecule has 0 spiro atoms. The second-order valence-corrected chi connectivity index (χ2v) is 9.20. The second kappa shape index (κ2) is 9.38. The highest BCUT2D eigenvalue weighted by atomic mass is 32.2. The van der Waals surface area contributed by atoms with Crippen molar-refractivity contribution in [1.29, 1.82) is 0 Å². The number of hydrogen-bond donors (Lipinski definition) is 1. The Hall–Kier alpha value is -2.74. The quantitative estimate of drug-likeness (QED) is 0.724. The van der Waals surface area contributed by atoms with Gasteiger partial charge in [0, 0.05) is 12.1 Å². The van der Waals surface area contributed by atoms with Crippen LogP contribution in [0.4, 0.5) is 5.69 Å². The number of methoxy groups -OCH3 is 2. The fourth-order valence-electron chi connectivity index (χ4n) is 3.59. The van der Waals surface area contributed by atoms with Crippen LogP contribution in [0.3, 0.4) is 0 Å². The van der Waals surface area contributed by atoms with Crippen molar-refractivity contribution in [3.05, 3.63) is 53.6 Å². The van der Waals surface area contributed by atoms with Crippen molar-refractivity contribution in [2.45, 2.75) is 32.2 Å². The molecule has 162 valence electrons. The standard InChI is InChI=1S/C22H28N2O5S/c1-4-19(17-9-12-20(28-2)21(15-17)29-3)23-22(25)16-7-10-18(11-8-16)24-13-5-6-14-30(24,26)27/h7-12,15,19H,4-6,13-14H2,1-3H3,(H,23,25)/t19-/m1/s1. The van der Waals surface area contributed by atoms with Gasteiger partial charge in [0.2, 0.25) is 10.0 Å². The minimum absolute atomic E-state index is 0.165. The predicted molar refractivity (Wildman–Crippen MR) is 117 cm³/mol. The summed E-state index contributed by atoms with van der Waals surface area (Å²) in [6.07, 6.45) is 2.23. The van der Waals surface area contributed by atoms with Crippen LogP contribution >= 0.6 is 0 Å². The first-order chi connectivity index (χ1) is 14.4. The van der Waals surface area contributed by atoms with Crippen LogP contribution in [0.15, 0.2) is 42.5 Å². The number of amides is 1. The van der Waals surface area contributed by atoms with Crippen LogP contribution in [-0.2, 0) is 10.0 Å². The summed E-state index contributed by atoms with van der Waals surface area (Å²) in [7, 11) is -0.117. The van der Waals surface area contributed by atoms with E-state index in [2.05, 4.69) is 5.32 Å². The van der Waals surface area contributed by atoms with Crippen molar-refractivity contribution in [2.24, 2.45) is 0 Å². The Bertz CT molecular complexity index is 989. The second-order valence-electron chi connectivity index (χ2n) is 7.19. The van der Waals surface area contributed by atoms with E-state index in [-0.39, 0.29) is 17.7 Å². The fraction of sp³-hybridized carbons (Fsp3) is 0.409. The summed E-state index contributed by atoms with van der Waals surface area (Å²) in [5.41, 5.74) is 1.99. The molecule has 30 heavy (non-hydrogen) atoms. The molecule has 2 aromatic carbocycles. The predicted octanol–water partition coefficient (Wildman–Crippen LogP) is 3.51. The van der Waals surface area contributed by atoms with Crippen LogP contribution in [0.25, 0.3) is 0 Å². The molecule has 0 radical (unpaired) electrons. The Balaban J connectivity index is 1.74. The molecule has 0 aliphatic carbocycles. The summed E-state index contributed by atoms with van der Waals surface area (Å²) in [4.78, 5) is 12.8. The Kier molecular flexibility index (Phi) is 6.87. The smallest absolute Gasteiger partial charge is 0.251 e.